The first kappa shape index (κ1) is 13.6. The van der Waals surface area contributed by atoms with Crippen LogP contribution in [0.5, 0.6) is 0 Å². The van der Waals surface area contributed by atoms with Gasteiger partial charge in [-0.05, 0) is 23.6 Å². The summed E-state index contributed by atoms with van der Waals surface area (Å²) in [5.41, 5.74) is 4.39. The average molecular weight is 227 g/mol. The molecule has 0 unspecified atom stereocenters. The van der Waals surface area contributed by atoms with Gasteiger partial charge in [-0.15, -0.1) is 0 Å². The molecule has 0 saturated heterocycles. The molecule has 0 bridgehead atoms. The summed E-state index contributed by atoms with van der Waals surface area (Å²) in [6, 6.07) is 0. The van der Waals surface area contributed by atoms with Gasteiger partial charge in [0.1, 0.15) is 0 Å². The van der Waals surface area contributed by atoms with Crippen LogP contribution in [0, 0.1) is 0 Å². The molecule has 7 N–H and O–H groups in total. The molecule has 0 aromatic carbocycles. The Morgan fingerprint density at radius 1 is 0.900 bits per heavy atom. The third-order valence-corrected chi connectivity index (χ3v) is 0. The highest BCUT2D eigenvalue weighted by Gasteiger charge is 1.92. The Balaban J connectivity index is 0. The molecule has 10 heavy (non-hydrogen) atoms. The van der Waals surface area contributed by atoms with Crippen molar-refractivity contribution in [2.24, 2.45) is 5.50 Å². The van der Waals surface area contributed by atoms with Crippen LogP contribution in [0.25, 0.3) is 0 Å². The van der Waals surface area contributed by atoms with Crippen LogP contribution in [-0.2, 0) is 23.6 Å². The van der Waals surface area contributed by atoms with Gasteiger partial charge in [-0.1, -0.05) is 0 Å². The number of hydrogen-bond acceptors (Lipinski definition) is 2. The van der Waals surface area contributed by atoms with E-state index in [1.165, 1.54) is 0 Å². The van der Waals surface area contributed by atoms with E-state index in [4.69, 9.17) is 24.5 Å². The second kappa shape index (κ2) is 4.84. The fraction of sp³-hybridized carbons (Fsp3) is 0. The second-order valence-electron chi connectivity index (χ2n) is 1.10. The number of rotatable bonds is 0. The third kappa shape index (κ3) is 524. The second-order valence-corrected chi connectivity index (χ2v) is 6.39. The van der Waals surface area contributed by atoms with Crippen LogP contribution in [0.2, 0.25) is 0 Å². The quantitative estimate of drug-likeness (QED) is 0.271. The Labute approximate surface area is 67.4 Å². The van der Waals surface area contributed by atoms with Crippen LogP contribution >= 0.6 is 13.4 Å². The summed E-state index contributed by atoms with van der Waals surface area (Å²) >= 11 is 7.43. The normalized spacial score (nSPS) is 11.8. The molecule has 0 aliphatic heterocycles. The van der Waals surface area contributed by atoms with E-state index in [0.717, 1.165) is 0 Å². The maximum atomic E-state index is 7.78. The van der Waals surface area contributed by atoms with Crippen molar-refractivity contribution in [3.05, 3.63) is 0 Å². The molecule has 0 aliphatic carbocycles. The molecule has 0 rings (SSSR count). The van der Waals surface area contributed by atoms with Gasteiger partial charge >= 0.3 is 6.72 Å². The zero-order chi connectivity index (χ0) is 9.00. The summed E-state index contributed by atoms with van der Waals surface area (Å²) in [4.78, 5) is 38.2. The Kier molecular flexibility index (Phi) is 6.60. The molecule has 0 heterocycles. The molecule has 0 saturated carbocycles. The Hall–Kier alpha value is 1.06. The standard InChI is InChI=1S/H4NO2PS.H3O3PS/c2*1-4(2,3)5/h(H4,1,2,3,5);(H3,1,2,3,5). The van der Waals surface area contributed by atoms with Gasteiger partial charge in [0.2, 0.25) is 0 Å². The minimum absolute atomic E-state index is 3.31. The summed E-state index contributed by atoms with van der Waals surface area (Å²) in [6.45, 7) is -7.11. The van der Waals surface area contributed by atoms with E-state index >= 15 is 0 Å². The molecule has 0 amide bonds. The minimum Gasteiger partial charge on any atom is -0.334 e. The zero-order valence-electron chi connectivity index (χ0n) is 4.52. The van der Waals surface area contributed by atoms with E-state index in [1.807, 2.05) is 0 Å². The zero-order valence-corrected chi connectivity index (χ0v) is 7.95. The van der Waals surface area contributed by atoms with E-state index in [1.54, 1.807) is 0 Å². The average Bonchev–Trinajstić information content (AvgIpc) is 1.12. The third-order valence-electron chi connectivity index (χ3n) is 0. The van der Waals surface area contributed by atoms with E-state index in [0.29, 0.717) is 0 Å². The van der Waals surface area contributed by atoms with Crippen molar-refractivity contribution in [2.45, 2.75) is 0 Å². The molecule has 10 heteroatoms. The van der Waals surface area contributed by atoms with E-state index < -0.39 is 13.4 Å². The lowest BCUT2D eigenvalue weighted by Crippen LogP contribution is -1.86. The Bertz CT molecular complexity index is 130. The van der Waals surface area contributed by atoms with Crippen LogP contribution in [0.15, 0.2) is 0 Å². The largest absolute Gasteiger partial charge is 0.334 e. The van der Waals surface area contributed by atoms with Crippen LogP contribution in [0.4, 0.5) is 0 Å². The molecule has 0 aliphatic rings. The monoisotopic (exact) mass is 227 g/mol. The van der Waals surface area contributed by atoms with Crippen molar-refractivity contribution < 1.29 is 24.5 Å². The van der Waals surface area contributed by atoms with Gasteiger partial charge in [-0.2, -0.15) is 0 Å². The maximum absolute atomic E-state index is 7.78. The fourth-order valence-corrected chi connectivity index (χ4v) is 0. The summed E-state index contributed by atoms with van der Waals surface area (Å²) < 4.78 is 0. The first-order chi connectivity index (χ1) is 4.00. The van der Waals surface area contributed by atoms with E-state index in [2.05, 4.69) is 29.1 Å². The highest BCUT2D eigenvalue weighted by atomic mass is 32.5. The predicted octanol–water partition coefficient (Wildman–Crippen LogP) is -1.66. The van der Waals surface area contributed by atoms with Gasteiger partial charge in [0.25, 0.3) is 6.64 Å². The van der Waals surface area contributed by atoms with Gasteiger partial charge in [-0.3, -0.25) is 5.50 Å². The van der Waals surface area contributed by atoms with Gasteiger partial charge in [0, 0.05) is 0 Å². The lowest BCUT2D eigenvalue weighted by Gasteiger charge is -1.90. The lowest BCUT2D eigenvalue weighted by atomic mass is 13.9. The first-order valence-corrected chi connectivity index (χ1v) is 7.06. The molecule has 6 nitrogen and oxygen atoms in total. The van der Waals surface area contributed by atoms with Gasteiger partial charge in [0.05, 0.1) is 0 Å². The molecule has 0 atom stereocenters. The minimum atomic E-state index is -3.81. The van der Waals surface area contributed by atoms with Gasteiger partial charge in [-0.25, -0.2) is 0 Å². The molecule has 0 aromatic rings. The summed E-state index contributed by atoms with van der Waals surface area (Å²) in [6.07, 6.45) is 0. The molecule has 64 valence electrons. The Morgan fingerprint density at radius 2 is 0.900 bits per heavy atom. The van der Waals surface area contributed by atoms with Crippen LogP contribution in [-0.4, -0.2) is 24.5 Å². The highest BCUT2D eigenvalue weighted by Crippen LogP contribution is 2.26. The van der Waals surface area contributed by atoms with Crippen LogP contribution < -0.4 is 5.50 Å². The Morgan fingerprint density at radius 3 is 0.900 bits per heavy atom. The molecule has 0 radical (unpaired) electrons. The molecular weight excluding hydrogens is 220 g/mol. The van der Waals surface area contributed by atoms with Crippen molar-refractivity contribution in [2.75, 3.05) is 0 Å². The summed E-state index contributed by atoms with van der Waals surface area (Å²) in [7, 11) is 0. The topological polar surface area (TPSA) is 127 Å². The van der Waals surface area contributed by atoms with Crippen molar-refractivity contribution in [3.8, 4) is 0 Å². The summed E-state index contributed by atoms with van der Waals surface area (Å²) in [5.74, 6) is 0. The van der Waals surface area contributed by atoms with Gasteiger partial charge < -0.3 is 24.5 Å². The van der Waals surface area contributed by atoms with Crippen molar-refractivity contribution in [1.29, 1.82) is 0 Å². The van der Waals surface area contributed by atoms with Crippen LogP contribution in [0.1, 0.15) is 0 Å². The predicted molar refractivity (Wildman–Crippen MR) is 43.9 cm³/mol. The maximum Gasteiger partial charge on any atom is 0.319 e. The van der Waals surface area contributed by atoms with E-state index in [9.17, 15) is 0 Å². The van der Waals surface area contributed by atoms with Crippen molar-refractivity contribution in [1.82, 2.24) is 0 Å². The SMILES string of the molecule is NP(O)(O)=S.OP(O)(O)=S. The van der Waals surface area contributed by atoms with Gasteiger partial charge in [0.15, 0.2) is 0 Å². The number of nitrogens with two attached hydrogens (primary N) is 1. The van der Waals surface area contributed by atoms with E-state index in [-0.39, 0.29) is 0 Å². The smallest absolute Gasteiger partial charge is 0.319 e. The highest BCUT2D eigenvalue weighted by molar-refractivity contribution is 8.07. The van der Waals surface area contributed by atoms with Crippen molar-refractivity contribution in [3.63, 3.8) is 0 Å². The molecule has 0 aromatic heterocycles. The molecule has 0 fully saturated rings. The molecular formula is H7NO5P2S2. The lowest BCUT2D eigenvalue weighted by molar-refractivity contribution is 0.363. The first-order valence-electron chi connectivity index (χ1n) is 1.62. The molecule has 0 spiro atoms. The van der Waals surface area contributed by atoms with Crippen molar-refractivity contribution >= 4 is 37.0 Å². The fourth-order valence-electron chi connectivity index (χ4n) is 0. The summed E-state index contributed by atoms with van der Waals surface area (Å²) in [5, 5.41) is 0. The van der Waals surface area contributed by atoms with Crippen LogP contribution in [0.3, 0.4) is 0 Å². The number of hydrogen-bond donors (Lipinski definition) is 6.